The van der Waals surface area contributed by atoms with Crippen molar-refractivity contribution in [2.75, 3.05) is 5.73 Å². The molecule has 0 aromatic heterocycles. The maximum Gasteiger partial charge on any atom is 0.298 e. The summed E-state index contributed by atoms with van der Waals surface area (Å²) in [5.74, 6) is 0. The Hall–Kier alpha value is -3.60. The zero-order valence-corrected chi connectivity index (χ0v) is 13.0. The summed E-state index contributed by atoms with van der Waals surface area (Å²) in [7, 11) is 0. The lowest BCUT2D eigenvalue weighted by Crippen LogP contribution is -1.97. The van der Waals surface area contributed by atoms with Gasteiger partial charge in [0.15, 0.2) is 0 Å². The first-order valence-electron chi connectivity index (χ1n) is 6.26. The van der Waals surface area contributed by atoms with Gasteiger partial charge in [-0.15, -0.1) is 0 Å². The molecule has 0 bridgehead atoms. The number of anilines is 1. The largest absolute Gasteiger partial charge is 0.393 e. The number of nitrogen functional groups attached to an aromatic ring is 1. The molecule has 0 fully saturated rings. The first kappa shape index (κ1) is 19.4. The van der Waals surface area contributed by atoms with Crippen LogP contribution in [0, 0.1) is 30.3 Å². The van der Waals surface area contributed by atoms with Gasteiger partial charge in [0.2, 0.25) is 0 Å². The summed E-state index contributed by atoms with van der Waals surface area (Å²) >= 11 is 5.13. The molecule has 12 heteroatoms. The van der Waals surface area contributed by atoms with Crippen molar-refractivity contribution in [3.8, 4) is 0 Å². The molecule has 25 heavy (non-hydrogen) atoms. The third-order valence-electron chi connectivity index (χ3n) is 2.73. The molecule has 0 unspecified atom stereocenters. The van der Waals surface area contributed by atoms with E-state index < -0.39 is 25.7 Å². The molecule has 0 radical (unpaired) electrons. The Balaban J connectivity index is 0.000000251. The Morgan fingerprint density at radius 2 is 1.32 bits per heavy atom. The summed E-state index contributed by atoms with van der Waals surface area (Å²) in [4.78, 5) is 39.2. The van der Waals surface area contributed by atoms with Crippen molar-refractivity contribution in [1.82, 2.24) is 0 Å². The number of hydrogen-bond acceptors (Lipinski definition) is 8. The van der Waals surface area contributed by atoms with Crippen molar-refractivity contribution in [1.29, 1.82) is 0 Å². The van der Waals surface area contributed by atoms with E-state index in [4.69, 9.17) is 17.3 Å². The number of nitro groups is 3. The number of non-ortho nitro benzene ring substituents is 2. The van der Waals surface area contributed by atoms with Crippen molar-refractivity contribution in [2.24, 2.45) is 0 Å². The average molecular weight is 369 g/mol. The highest BCUT2D eigenvalue weighted by molar-refractivity contribution is 6.67. The Morgan fingerprint density at radius 1 is 0.840 bits per heavy atom. The van der Waals surface area contributed by atoms with Crippen molar-refractivity contribution < 1.29 is 19.6 Å². The van der Waals surface area contributed by atoms with Crippen LogP contribution in [0.25, 0.3) is 0 Å². The van der Waals surface area contributed by atoms with Crippen LogP contribution in [0.5, 0.6) is 0 Å². The van der Waals surface area contributed by atoms with E-state index in [0.29, 0.717) is 0 Å². The number of benzene rings is 2. The Labute approximate surface area is 144 Å². The second-order valence-electron chi connectivity index (χ2n) is 4.34. The van der Waals surface area contributed by atoms with Gasteiger partial charge < -0.3 is 5.73 Å². The molecule has 0 aliphatic carbocycles. The highest BCUT2D eigenvalue weighted by atomic mass is 35.5. The maximum absolute atomic E-state index is 10.5. The van der Waals surface area contributed by atoms with E-state index in [1.165, 1.54) is 24.3 Å². The van der Waals surface area contributed by atoms with Gasteiger partial charge >= 0.3 is 0 Å². The van der Waals surface area contributed by atoms with Crippen molar-refractivity contribution in [2.45, 2.75) is 0 Å². The molecule has 0 aliphatic heterocycles. The minimum atomic E-state index is -0.762. The first-order valence-corrected chi connectivity index (χ1v) is 6.64. The van der Waals surface area contributed by atoms with Gasteiger partial charge in [-0.1, -0.05) is 0 Å². The number of nitrogens with zero attached hydrogens (tertiary/aromatic N) is 3. The molecule has 0 atom stereocenters. The van der Waals surface area contributed by atoms with Gasteiger partial charge in [0.1, 0.15) is 5.69 Å². The Bertz CT molecular complexity index is 806. The van der Waals surface area contributed by atoms with Crippen LogP contribution in [-0.4, -0.2) is 20.0 Å². The number of carbonyl (C=O) groups excluding carboxylic acids is 1. The smallest absolute Gasteiger partial charge is 0.298 e. The monoisotopic (exact) mass is 368 g/mol. The lowest BCUT2D eigenvalue weighted by molar-refractivity contribution is -0.393. The van der Waals surface area contributed by atoms with Crippen LogP contribution >= 0.6 is 11.6 Å². The van der Waals surface area contributed by atoms with Gasteiger partial charge in [-0.25, -0.2) is 0 Å². The number of rotatable bonds is 4. The second-order valence-corrected chi connectivity index (χ2v) is 4.68. The van der Waals surface area contributed by atoms with Crippen LogP contribution < -0.4 is 5.73 Å². The summed E-state index contributed by atoms with van der Waals surface area (Å²) in [6.45, 7) is 0. The van der Waals surface area contributed by atoms with E-state index in [1.807, 2.05) is 0 Å². The molecule has 0 amide bonds. The van der Waals surface area contributed by atoms with Gasteiger partial charge in [-0.05, 0) is 29.8 Å². The van der Waals surface area contributed by atoms with Crippen molar-refractivity contribution in [3.05, 3.63) is 78.4 Å². The van der Waals surface area contributed by atoms with E-state index in [1.54, 1.807) is 0 Å². The third-order valence-corrected chi connectivity index (χ3v) is 2.94. The predicted octanol–water partition coefficient (Wildman–Crippen LogP) is 3.06. The van der Waals surface area contributed by atoms with Gasteiger partial charge in [-0.2, -0.15) is 0 Å². The summed E-state index contributed by atoms with van der Waals surface area (Å²) in [6.07, 6.45) is 0. The quantitative estimate of drug-likeness (QED) is 0.370. The molecule has 0 spiro atoms. The van der Waals surface area contributed by atoms with Crippen LogP contribution in [-0.2, 0) is 0 Å². The van der Waals surface area contributed by atoms with Gasteiger partial charge in [-0.3, -0.25) is 35.1 Å². The minimum Gasteiger partial charge on any atom is -0.393 e. The number of nitrogens with two attached hydrogens (primary N) is 1. The number of halogens is 1. The fraction of sp³-hybridized carbons (Fsp3) is 0. The number of hydrogen-bond donors (Lipinski definition) is 1. The maximum atomic E-state index is 10.5. The standard InChI is InChI=1S/C7H4ClNO3.C6H5N3O4/c8-7(10)5-1-3-6(4-2-5)9(11)12;7-5-2-1-4(8(10)11)3-6(5)9(12)13/h1-4H;1-3H,7H2. The number of nitro benzene ring substituents is 3. The van der Waals surface area contributed by atoms with Crippen molar-refractivity contribution in [3.63, 3.8) is 0 Å². The Kier molecular flexibility index (Phi) is 6.46. The molecular formula is C13H9ClN4O7. The van der Waals surface area contributed by atoms with Crippen LogP contribution in [0.4, 0.5) is 22.7 Å². The Morgan fingerprint density at radius 3 is 1.72 bits per heavy atom. The molecular weight excluding hydrogens is 360 g/mol. The highest BCUT2D eigenvalue weighted by Crippen LogP contribution is 2.25. The molecule has 2 aromatic carbocycles. The van der Waals surface area contributed by atoms with E-state index in [2.05, 4.69) is 0 Å². The van der Waals surface area contributed by atoms with E-state index >= 15 is 0 Å². The van der Waals surface area contributed by atoms with E-state index in [-0.39, 0.29) is 22.6 Å². The zero-order valence-electron chi connectivity index (χ0n) is 12.2. The fourth-order valence-corrected chi connectivity index (χ4v) is 1.64. The molecule has 11 nitrogen and oxygen atoms in total. The molecule has 2 aromatic rings. The van der Waals surface area contributed by atoms with E-state index in [9.17, 15) is 35.1 Å². The first-order chi connectivity index (χ1) is 11.6. The molecule has 0 saturated carbocycles. The normalized spacial score (nSPS) is 9.48. The lowest BCUT2D eigenvalue weighted by atomic mass is 10.2. The average Bonchev–Trinajstić information content (AvgIpc) is 2.55. The highest BCUT2D eigenvalue weighted by Gasteiger charge is 2.16. The molecule has 0 saturated heterocycles. The number of carbonyl (C=O) groups is 1. The predicted molar refractivity (Wildman–Crippen MR) is 87.4 cm³/mol. The summed E-state index contributed by atoms with van der Waals surface area (Å²) < 4.78 is 0. The summed E-state index contributed by atoms with van der Waals surface area (Å²) in [5, 5.41) is 30.1. The topological polar surface area (TPSA) is 173 Å². The zero-order chi connectivity index (χ0) is 19.1. The second kappa shape index (κ2) is 8.31. The van der Waals surface area contributed by atoms with E-state index in [0.717, 1.165) is 18.2 Å². The van der Waals surface area contributed by atoms with Crippen LogP contribution in [0.1, 0.15) is 10.4 Å². The molecule has 2 rings (SSSR count). The molecule has 2 N–H and O–H groups in total. The SMILES string of the molecule is Nc1ccc([N+](=O)[O-])cc1[N+](=O)[O-].O=C(Cl)c1ccc([N+](=O)[O-])cc1. The van der Waals surface area contributed by atoms with Gasteiger partial charge in [0.25, 0.3) is 22.3 Å². The van der Waals surface area contributed by atoms with Crippen molar-refractivity contribution >= 4 is 39.6 Å². The summed E-state index contributed by atoms with van der Waals surface area (Å²) in [6, 6.07) is 8.17. The van der Waals surface area contributed by atoms with Crippen LogP contribution in [0.15, 0.2) is 42.5 Å². The van der Waals surface area contributed by atoms with Crippen LogP contribution in [0.3, 0.4) is 0 Å². The minimum absolute atomic E-state index is 0.0586. The third kappa shape index (κ3) is 5.51. The lowest BCUT2D eigenvalue weighted by Gasteiger charge is -1.95. The summed E-state index contributed by atoms with van der Waals surface area (Å²) in [5.41, 5.74) is 4.54. The molecule has 0 aliphatic rings. The van der Waals surface area contributed by atoms with Gasteiger partial charge in [0.05, 0.1) is 20.8 Å². The fourth-order valence-electron chi connectivity index (χ4n) is 1.52. The molecule has 130 valence electrons. The molecule has 0 heterocycles. The van der Waals surface area contributed by atoms with Gasteiger partial charge in [0, 0.05) is 23.8 Å². The van der Waals surface area contributed by atoms with Crippen LogP contribution in [0.2, 0.25) is 0 Å².